The summed E-state index contributed by atoms with van der Waals surface area (Å²) in [5.41, 5.74) is 3.39. The lowest BCUT2D eigenvalue weighted by Crippen LogP contribution is -2.54. The number of nitrogens with one attached hydrogen (secondary N) is 1. The van der Waals surface area contributed by atoms with Gasteiger partial charge in [-0.25, -0.2) is 9.97 Å². The number of aryl methyl sites for hydroxylation is 2. The number of carbonyl (C=O) groups excluding carboxylic acids is 2. The number of hydrogen-bond acceptors (Lipinski definition) is 5. The molecular weight excluding hydrogens is 422 g/mol. The number of imidazole rings is 1. The van der Waals surface area contributed by atoms with E-state index in [4.69, 9.17) is 0 Å². The summed E-state index contributed by atoms with van der Waals surface area (Å²) < 4.78 is 3.09. The number of hydrogen-bond donors (Lipinski definition) is 1. The van der Waals surface area contributed by atoms with Crippen LogP contribution < -0.4 is 5.32 Å². The lowest BCUT2D eigenvalue weighted by atomic mass is 9.97. The predicted molar refractivity (Wildman–Crippen MR) is 125 cm³/mol. The first kappa shape index (κ1) is 20.4. The Morgan fingerprint density at radius 2 is 2.00 bits per heavy atom. The topological polar surface area (TPSA) is 80.1 Å². The monoisotopic (exact) mass is 445 g/mol. The molecule has 32 heavy (non-hydrogen) atoms. The number of carbonyl (C=O) groups is 2. The molecule has 0 saturated carbocycles. The van der Waals surface area contributed by atoms with Crippen LogP contribution in [0.1, 0.15) is 26.8 Å². The van der Waals surface area contributed by atoms with Crippen molar-refractivity contribution >= 4 is 39.1 Å². The first-order chi connectivity index (χ1) is 15.5. The van der Waals surface area contributed by atoms with Gasteiger partial charge in [-0.05, 0) is 49.7 Å². The Morgan fingerprint density at radius 3 is 2.78 bits per heavy atom. The molecule has 1 aliphatic rings. The highest BCUT2D eigenvalue weighted by molar-refractivity contribution is 7.18. The maximum atomic E-state index is 12.9. The van der Waals surface area contributed by atoms with Gasteiger partial charge in [0.05, 0.1) is 21.1 Å². The largest absolute Gasteiger partial charge is 0.337 e. The van der Waals surface area contributed by atoms with E-state index in [0.717, 1.165) is 32.3 Å². The quantitative estimate of drug-likeness (QED) is 0.506. The number of benzene rings is 2. The molecule has 162 valence electrons. The van der Waals surface area contributed by atoms with Crippen molar-refractivity contribution < 1.29 is 9.59 Å². The molecule has 0 unspecified atom stereocenters. The molecular formula is C24H23N5O2S. The average molecular weight is 446 g/mol. The van der Waals surface area contributed by atoms with Gasteiger partial charge in [0.15, 0.2) is 0 Å². The highest BCUT2D eigenvalue weighted by Crippen LogP contribution is 2.26. The minimum Gasteiger partial charge on any atom is -0.337 e. The number of likely N-dealkylation sites (tertiary alicyclic amines) is 1. The van der Waals surface area contributed by atoms with E-state index in [-0.39, 0.29) is 17.7 Å². The number of rotatable bonds is 5. The maximum Gasteiger partial charge on any atom is 0.253 e. The van der Waals surface area contributed by atoms with Gasteiger partial charge in [0.25, 0.3) is 5.91 Å². The molecule has 2 aromatic heterocycles. The Hall–Kier alpha value is -3.52. The Morgan fingerprint density at radius 1 is 1.16 bits per heavy atom. The van der Waals surface area contributed by atoms with Gasteiger partial charge in [-0.2, -0.15) is 0 Å². The van der Waals surface area contributed by atoms with Crippen molar-refractivity contribution in [3.05, 3.63) is 76.8 Å². The van der Waals surface area contributed by atoms with E-state index in [9.17, 15) is 9.59 Å². The molecule has 1 saturated heterocycles. The highest BCUT2D eigenvalue weighted by Gasteiger charge is 2.36. The van der Waals surface area contributed by atoms with Crippen molar-refractivity contribution in [1.82, 2.24) is 19.4 Å². The van der Waals surface area contributed by atoms with E-state index >= 15 is 0 Å². The smallest absolute Gasteiger partial charge is 0.253 e. The van der Waals surface area contributed by atoms with Gasteiger partial charge in [0, 0.05) is 43.3 Å². The van der Waals surface area contributed by atoms with E-state index in [1.807, 2.05) is 67.1 Å². The van der Waals surface area contributed by atoms with Gasteiger partial charge in [-0.15, -0.1) is 11.3 Å². The molecule has 1 fully saturated rings. The summed E-state index contributed by atoms with van der Waals surface area (Å²) in [5, 5.41) is 3.98. The fourth-order valence-corrected chi connectivity index (χ4v) is 4.79. The number of aromatic nitrogens is 3. The fourth-order valence-electron chi connectivity index (χ4n) is 3.92. The first-order valence-electron chi connectivity index (χ1n) is 10.5. The number of anilines is 1. The molecule has 0 atom stereocenters. The van der Waals surface area contributed by atoms with Crippen molar-refractivity contribution in [2.75, 3.05) is 18.4 Å². The first-order valence-corrected chi connectivity index (χ1v) is 11.3. The molecule has 8 heteroatoms. The number of thiazole rings is 1. The molecule has 4 aromatic rings. The second-order valence-electron chi connectivity index (χ2n) is 8.11. The highest BCUT2D eigenvalue weighted by atomic mass is 32.1. The van der Waals surface area contributed by atoms with Crippen LogP contribution in [0.15, 0.2) is 54.9 Å². The van der Waals surface area contributed by atoms with E-state index in [1.54, 1.807) is 22.4 Å². The molecule has 7 nitrogen and oxygen atoms in total. The van der Waals surface area contributed by atoms with Crippen LogP contribution in [-0.4, -0.2) is 44.3 Å². The summed E-state index contributed by atoms with van der Waals surface area (Å²) in [5.74, 6) is 0.636. The van der Waals surface area contributed by atoms with E-state index in [1.165, 1.54) is 0 Å². The Bertz CT molecular complexity index is 1320. The van der Waals surface area contributed by atoms with Crippen molar-refractivity contribution in [2.24, 2.45) is 5.92 Å². The third-order valence-electron chi connectivity index (χ3n) is 5.75. The number of nitrogens with zero attached hydrogens (tertiary/aromatic N) is 4. The van der Waals surface area contributed by atoms with Gasteiger partial charge in [-0.3, -0.25) is 9.59 Å². The SMILES string of the molecule is Cc1nc2ccc(NC(=O)C3CN(C(=O)c4cccc(Cn5ccnc5C)c4)C3)cc2s1. The molecule has 5 rings (SSSR count). The second kappa shape index (κ2) is 8.20. The zero-order valence-corrected chi connectivity index (χ0v) is 18.7. The Labute approximate surface area is 189 Å². The molecule has 0 radical (unpaired) electrons. The molecule has 1 N–H and O–H groups in total. The zero-order valence-electron chi connectivity index (χ0n) is 17.9. The fraction of sp³-hybridized carbons (Fsp3) is 0.250. The summed E-state index contributed by atoms with van der Waals surface area (Å²) in [7, 11) is 0. The minimum absolute atomic E-state index is 0.0418. The third kappa shape index (κ3) is 4.01. The normalized spacial score (nSPS) is 13.9. The summed E-state index contributed by atoms with van der Waals surface area (Å²) >= 11 is 1.61. The molecule has 3 heterocycles. The zero-order chi connectivity index (χ0) is 22.2. The number of amides is 2. The Balaban J connectivity index is 1.19. The van der Waals surface area contributed by atoms with Crippen LogP contribution in [0.4, 0.5) is 5.69 Å². The number of fused-ring (bicyclic) bond motifs is 1. The van der Waals surface area contributed by atoms with Crippen molar-refractivity contribution in [2.45, 2.75) is 20.4 Å². The van der Waals surface area contributed by atoms with Crippen molar-refractivity contribution in [3.63, 3.8) is 0 Å². The minimum atomic E-state index is -0.199. The molecule has 1 aliphatic heterocycles. The van der Waals surface area contributed by atoms with Crippen LogP contribution >= 0.6 is 11.3 Å². The van der Waals surface area contributed by atoms with Gasteiger partial charge in [0.1, 0.15) is 5.82 Å². The second-order valence-corrected chi connectivity index (χ2v) is 9.35. The van der Waals surface area contributed by atoms with Gasteiger partial charge in [0.2, 0.25) is 5.91 Å². The molecule has 2 amide bonds. The van der Waals surface area contributed by atoms with Crippen LogP contribution in [0.25, 0.3) is 10.2 Å². The van der Waals surface area contributed by atoms with Gasteiger partial charge >= 0.3 is 0 Å². The standard InChI is InChI=1S/C24H23N5O2S/c1-15-25-8-9-28(15)12-17-4-3-5-18(10-17)24(31)29-13-19(14-29)23(30)27-20-6-7-21-22(11-20)32-16(2)26-21/h3-11,19H,12-14H2,1-2H3,(H,27,30). The van der Waals surface area contributed by atoms with E-state index in [0.29, 0.717) is 25.2 Å². The van der Waals surface area contributed by atoms with Crippen LogP contribution in [0, 0.1) is 19.8 Å². The maximum absolute atomic E-state index is 12.9. The average Bonchev–Trinajstić information content (AvgIpc) is 3.31. The Kier molecular flexibility index (Phi) is 5.22. The van der Waals surface area contributed by atoms with Gasteiger partial charge < -0.3 is 14.8 Å². The lowest BCUT2D eigenvalue weighted by molar-refractivity contribution is -0.123. The van der Waals surface area contributed by atoms with Crippen molar-refractivity contribution in [3.8, 4) is 0 Å². The van der Waals surface area contributed by atoms with Gasteiger partial charge in [-0.1, -0.05) is 12.1 Å². The summed E-state index contributed by atoms with van der Waals surface area (Å²) in [6, 6.07) is 13.4. The van der Waals surface area contributed by atoms with Crippen LogP contribution in [0.5, 0.6) is 0 Å². The predicted octanol–water partition coefficient (Wildman–Crippen LogP) is 3.87. The molecule has 0 aliphatic carbocycles. The summed E-state index contributed by atoms with van der Waals surface area (Å²) in [6.45, 7) is 5.45. The van der Waals surface area contributed by atoms with Crippen molar-refractivity contribution in [1.29, 1.82) is 0 Å². The van der Waals surface area contributed by atoms with Crippen LogP contribution in [0.3, 0.4) is 0 Å². The van der Waals surface area contributed by atoms with Crippen LogP contribution in [0.2, 0.25) is 0 Å². The molecule has 2 aromatic carbocycles. The molecule has 0 spiro atoms. The summed E-state index contributed by atoms with van der Waals surface area (Å²) in [4.78, 5) is 35.9. The lowest BCUT2D eigenvalue weighted by Gasteiger charge is -2.38. The summed E-state index contributed by atoms with van der Waals surface area (Å²) in [6.07, 6.45) is 3.70. The van der Waals surface area contributed by atoms with E-state index in [2.05, 4.69) is 15.3 Å². The molecule has 0 bridgehead atoms. The van der Waals surface area contributed by atoms with E-state index < -0.39 is 0 Å². The van der Waals surface area contributed by atoms with Crippen LogP contribution in [-0.2, 0) is 11.3 Å². The third-order valence-corrected chi connectivity index (χ3v) is 6.69.